The van der Waals surface area contributed by atoms with Gasteiger partial charge in [-0.05, 0) is 6.92 Å². The van der Waals surface area contributed by atoms with Crippen LogP contribution in [0.25, 0.3) is 0 Å². The molecule has 0 spiro atoms. The number of ether oxygens (including phenoxy) is 1. The third-order valence-electron chi connectivity index (χ3n) is 2.44. The van der Waals surface area contributed by atoms with Crippen molar-refractivity contribution in [3.8, 4) is 0 Å². The van der Waals surface area contributed by atoms with Gasteiger partial charge in [-0.15, -0.1) is 0 Å². The van der Waals surface area contributed by atoms with Crippen LogP contribution in [-0.2, 0) is 14.8 Å². The molecule has 1 heterocycles. The van der Waals surface area contributed by atoms with Crippen LogP contribution in [0.1, 0.15) is 16.3 Å². The van der Waals surface area contributed by atoms with Crippen LogP contribution >= 0.6 is 0 Å². The summed E-state index contributed by atoms with van der Waals surface area (Å²) in [6, 6.07) is 1.62. The van der Waals surface area contributed by atoms with Gasteiger partial charge in [0.15, 0.2) is 0 Å². The lowest BCUT2D eigenvalue weighted by molar-refractivity contribution is 0.0586. The van der Waals surface area contributed by atoms with E-state index in [-0.39, 0.29) is 18.1 Å². The Labute approximate surface area is 118 Å². The summed E-state index contributed by atoms with van der Waals surface area (Å²) in [6.45, 7) is 1.88. The maximum Gasteiger partial charge on any atom is 0.376 e. The van der Waals surface area contributed by atoms with Crippen LogP contribution in [0.5, 0.6) is 0 Å². The summed E-state index contributed by atoms with van der Waals surface area (Å²) in [5.74, 6) is -0.397. The minimum atomic E-state index is -3.27. The number of esters is 1. The molecule has 0 atom stereocenters. The van der Waals surface area contributed by atoms with E-state index >= 15 is 0 Å². The molecule has 0 aliphatic carbocycles. The topological polar surface area (TPSA) is 101 Å². The first-order valence-electron chi connectivity index (χ1n) is 5.84. The number of methoxy groups -OCH3 is 1. The molecule has 0 saturated carbocycles. The van der Waals surface area contributed by atoms with E-state index in [1.807, 2.05) is 0 Å². The first-order valence-corrected chi connectivity index (χ1v) is 7.45. The molecule has 0 fully saturated rings. The summed E-state index contributed by atoms with van der Waals surface area (Å²) in [6.07, 6.45) is 0. The zero-order valence-electron chi connectivity index (χ0n) is 11.9. The van der Waals surface area contributed by atoms with Crippen molar-refractivity contribution in [1.82, 2.24) is 14.3 Å². The largest absolute Gasteiger partial charge is 0.463 e. The third-order valence-corrected chi connectivity index (χ3v) is 4.28. The lowest BCUT2D eigenvalue weighted by Gasteiger charge is -2.12. The molecule has 0 aromatic carbocycles. The van der Waals surface area contributed by atoms with Crippen molar-refractivity contribution in [2.24, 2.45) is 0 Å². The first kappa shape index (κ1) is 16.3. The van der Waals surface area contributed by atoms with Crippen LogP contribution in [0.2, 0.25) is 0 Å². The lowest BCUT2D eigenvalue weighted by atomic mass is 10.4. The number of hydrogen-bond donors (Lipinski definition) is 1. The Morgan fingerprint density at radius 1 is 1.40 bits per heavy atom. The fraction of sp³-hybridized carbons (Fsp3) is 0.545. The third kappa shape index (κ3) is 4.42. The van der Waals surface area contributed by atoms with Crippen molar-refractivity contribution in [1.29, 1.82) is 0 Å². The summed E-state index contributed by atoms with van der Waals surface area (Å²) < 4.78 is 28.9. The second-order valence-corrected chi connectivity index (χ2v) is 6.54. The fourth-order valence-corrected chi connectivity index (χ4v) is 2.06. The molecule has 1 aromatic rings. The van der Waals surface area contributed by atoms with Gasteiger partial charge in [-0.1, -0.05) is 0 Å². The van der Waals surface area contributed by atoms with Crippen molar-refractivity contribution in [2.75, 3.05) is 38.8 Å². The van der Waals surface area contributed by atoms with Gasteiger partial charge in [-0.25, -0.2) is 27.5 Å². The van der Waals surface area contributed by atoms with Crippen LogP contribution in [0.15, 0.2) is 6.07 Å². The number of nitrogens with zero attached hydrogens (tertiary/aromatic N) is 3. The SMILES string of the molecule is COC(=O)c1nc(C)cc(NCCS(=O)(=O)N(C)C)n1. The molecule has 1 rings (SSSR count). The number of rotatable bonds is 6. The fourth-order valence-electron chi connectivity index (χ4n) is 1.33. The molecule has 1 aromatic heterocycles. The van der Waals surface area contributed by atoms with Gasteiger partial charge in [0.2, 0.25) is 15.8 Å². The van der Waals surface area contributed by atoms with Crippen LogP contribution in [-0.4, -0.2) is 62.2 Å². The number of aromatic nitrogens is 2. The van der Waals surface area contributed by atoms with E-state index in [4.69, 9.17) is 0 Å². The van der Waals surface area contributed by atoms with Gasteiger partial charge in [0.25, 0.3) is 0 Å². The Morgan fingerprint density at radius 3 is 2.60 bits per heavy atom. The van der Waals surface area contributed by atoms with Crippen LogP contribution in [0.4, 0.5) is 5.82 Å². The Balaban J connectivity index is 2.74. The highest BCUT2D eigenvalue weighted by Crippen LogP contribution is 2.07. The molecular weight excluding hydrogens is 284 g/mol. The Morgan fingerprint density at radius 2 is 2.05 bits per heavy atom. The molecular formula is C11H18N4O4S. The zero-order valence-corrected chi connectivity index (χ0v) is 12.7. The van der Waals surface area contributed by atoms with E-state index < -0.39 is 16.0 Å². The smallest absolute Gasteiger partial charge is 0.376 e. The molecule has 1 N–H and O–H groups in total. The van der Waals surface area contributed by atoms with Crippen LogP contribution in [0.3, 0.4) is 0 Å². The number of carbonyl (C=O) groups is 1. The van der Waals surface area contributed by atoms with Gasteiger partial charge in [0.1, 0.15) is 5.82 Å². The highest BCUT2D eigenvalue weighted by molar-refractivity contribution is 7.89. The van der Waals surface area contributed by atoms with E-state index in [9.17, 15) is 13.2 Å². The van der Waals surface area contributed by atoms with E-state index in [0.717, 1.165) is 4.31 Å². The molecule has 0 radical (unpaired) electrons. The molecule has 112 valence electrons. The molecule has 0 aliphatic rings. The molecule has 9 heteroatoms. The predicted octanol–water partition coefficient (Wildman–Crippen LogP) is -0.125. The van der Waals surface area contributed by atoms with Crippen molar-refractivity contribution in [2.45, 2.75) is 6.92 Å². The van der Waals surface area contributed by atoms with Crippen LogP contribution in [0, 0.1) is 6.92 Å². The summed E-state index contributed by atoms with van der Waals surface area (Å²) in [7, 11) is 0.911. The van der Waals surface area contributed by atoms with E-state index in [2.05, 4.69) is 20.0 Å². The lowest BCUT2D eigenvalue weighted by Crippen LogP contribution is -2.28. The number of hydrogen-bond acceptors (Lipinski definition) is 7. The minimum Gasteiger partial charge on any atom is -0.463 e. The monoisotopic (exact) mass is 302 g/mol. The Hall–Kier alpha value is -1.74. The molecule has 0 bridgehead atoms. The van der Waals surface area contributed by atoms with Crippen LogP contribution < -0.4 is 5.32 Å². The van der Waals surface area contributed by atoms with Gasteiger partial charge in [-0.2, -0.15) is 0 Å². The van der Waals surface area contributed by atoms with E-state index in [1.54, 1.807) is 13.0 Å². The van der Waals surface area contributed by atoms with Crippen molar-refractivity contribution in [3.05, 3.63) is 17.6 Å². The van der Waals surface area contributed by atoms with Crippen molar-refractivity contribution >= 4 is 21.8 Å². The van der Waals surface area contributed by atoms with Gasteiger partial charge >= 0.3 is 5.97 Å². The number of sulfonamides is 1. The first-order chi connectivity index (χ1) is 9.26. The normalized spacial score (nSPS) is 11.4. The van der Waals surface area contributed by atoms with Gasteiger partial charge in [-0.3, -0.25) is 0 Å². The summed E-state index contributed by atoms with van der Waals surface area (Å²) in [5.41, 5.74) is 0.582. The number of anilines is 1. The molecule has 0 saturated heterocycles. The quantitative estimate of drug-likeness (QED) is 0.731. The Kier molecular flexibility index (Phi) is 5.40. The van der Waals surface area contributed by atoms with Gasteiger partial charge in [0, 0.05) is 32.4 Å². The van der Waals surface area contributed by atoms with E-state index in [1.165, 1.54) is 21.2 Å². The highest BCUT2D eigenvalue weighted by atomic mass is 32.2. The Bertz CT molecular complexity index is 586. The summed E-state index contributed by atoms with van der Waals surface area (Å²) in [4.78, 5) is 19.3. The van der Waals surface area contributed by atoms with Gasteiger partial charge in [0.05, 0.1) is 12.9 Å². The molecule has 0 amide bonds. The number of carbonyl (C=O) groups excluding carboxylic acids is 1. The summed E-state index contributed by atoms with van der Waals surface area (Å²) in [5, 5.41) is 2.85. The van der Waals surface area contributed by atoms with Crippen molar-refractivity contribution < 1.29 is 17.9 Å². The van der Waals surface area contributed by atoms with E-state index in [0.29, 0.717) is 11.5 Å². The predicted molar refractivity (Wildman–Crippen MR) is 74.1 cm³/mol. The standard InChI is InChI=1S/C11H18N4O4S/c1-8-7-9(14-10(13-8)11(16)19-4)12-5-6-20(17,18)15(2)3/h7H,5-6H2,1-4H3,(H,12,13,14). The minimum absolute atomic E-state index is 0.0644. The average Bonchev–Trinajstić information content (AvgIpc) is 2.36. The number of aryl methyl sites for hydroxylation is 1. The molecule has 0 unspecified atom stereocenters. The number of nitrogens with one attached hydrogen (secondary N) is 1. The molecule has 20 heavy (non-hydrogen) atoms. The zero-order chi connectivity index (χ0) is 15.3. The average molecular weight is 302 g/mol. The van der Waals surface area contributed by atoms with Crippen molar-refractivity contribution in [3.63, 3.8) is 0 Å². The maximum atomic E-state index is 11.6. The summed E-state index contributed by atoms with van der Waals surface area (Å²) >= 11 is 0. The molecule has 8 nitrogen and oxygen atoms in total. The second-order valence-electron chi connectivity index (χ2n) is 4.23. The maximum absolute atomic E-state index is 11.6. The van der Waals surface area contributed by atoms with Gasteiger partial charge < -0.3 is 10.1 Å². The second kappa shape index (κ2) is 6.62. The molecule has 0 aliphatic heterocycles. The highest BCUT2D eigenvalue weighted by Gasteiger charge is 2.14.